The number of halogens is 2. The van der Waals surface area contributed by atoms with Gasteiger partial charge in [0.2, 0.25) is 0 Å². The Balaban J connectivity index is 1.43. The lowest BCUT2D eigenvalue weighted by atomic mass is 10.2. The van der Waals surface area contributed by atoms with Gasteiger partial charge in [-0.2, -0.15) is 10.2 Å². The first-order valence-corrected chi connectivity index (χ1v) is 9.29. The summed E-state index contributed by atoms with van der Waals surface area (Å²) in [4.78, 5) is 0. The van der Waals surface area contributed by atoms with Gasteiger partial charge in [0.1, 0.15) is 11.0 Å². The van der Waals surface area contributed by atoms with E-state index in [-0.39, 0.29) is 5.82 Å². The monoisotopic (exact) mass is 395 g/mol. The van der Waals surface area contributed by atoms with Crippen LogP contribution in [0.5, 0.6) is 0 Å². The van der Waals surface area contributed by atoms with Crippen molar-refractivity contribution in [1.29, 1.82) is 0 Å². The van der Waals surface area contributed by atoms with E-state index in [1.54, 1.807) is 16.8 Å². The van der Waals surface area contributed by atoms with Crippen LogP contribution < -0.4 is 5.32 Å². The molecule has 2 aromatic carbocycles. The molecule has 4 aromatic rings. The minimum atomic E-state index is -0.290. The number of nitrogens with one attached hydrogen (secondary N) is 1. The first-order chi connectivity index (χ1) is 13.6. The van der Waals surface area contributed by atoms with E-state index in [9.17, 15) is 4.39 Å². The molecule has 0 saturated heterocycles. The number of nitrogens with zero attached hydrogens (tertiary/aromatic N) is 4. The predicted molar refractivity (Wildman–Crippen MR) is 107 cm³/mol. The highest BCUT2D eigenvalue weighted by Crippen LogP contribution is 2.23. The largest absolute Gasteiger partial charge is 0.308 e. The normalized spacial score (nSPS) is 11.1. The summed E-state index contributed by atoms with van der Waals surface area (Å²) in [6, 6.07) is 16.1. The topological polar surface area (TPSA) is 47.7 Å². The summed E-state index contributed by atoms with van der Waals surface area (Å²) in [5, 5.41) is 12.8. The second-order valence-electron chi connectivity index (χ2n) is 6.48. The van der Waals surface area contributed by atoms with Crippen molar-refractivity contribution in [3.63, 3.8) is 0 Å². The Morgan fingerprint density at radius 2 is 1.75 bits per heavy atom. The van der Waals surface area contributed by atoms with Gasteiger partial charge in [0, 0.05) is 30.4 Å². The third kappa shape index (κ3) is 3.83. The first-order valence-electron chi connectivity index (χ1n) is 8.91. The Morgan fingerprint density at radius 1 is 1.00 bits per heavy atom. The van der Waals surface area contributed by atoms with Crippen molar-refractivity contribution in [2.45, 2.75) is 20.0 Å². The Kier molecular flexibility index (Phi) is 5.23. The number of hydrogen-bond donors (Lipinski definition) is 1. The van der Waals surface area contributed by atoms with Crippen LogP contribution in [0.15, 0.2) is 67.0 Å². The number of aryl methyl sites for hydroxylation is 1. The minimum Gasteiger partial charge on any atom is -0.308 e. The molecule has 142 valence electrons. The molecule has 0 spiro atoms. The van der Waals surface area contributed by atoms with Crippen molar-refractivity contribution in [1.82, 2.24) is 24.9 Å². The lowest BCUT2D eigenvalue weighted by Gasteiger charge is -2.05. The van der Waals surface area contributed by atoms with Crippen molar-refractivity contribution in [2.75, 3.05) is 0 Å². The Hall–Kier alpha value is -2.96. The maximum absolute atomic E-state index is 13.1. The van der Waals surface area contributed by atoms with E-state index in [2.05, 4.69) is 15.5 Å². The molecule has 1 N–H and O–H groups in total. The molecule has 28 heavy (non-hydrogen) atoms. The maximum atomic E-state index is 13.1. The molecule has 0 radical (unpaired) electrons. The van der Waals surface area contributed by atoms with Crippen LogP contribution in [-0.4, -0.2) is 19.6 Å². The molecule has 2 aromatic heterocycles. The number of benzene rings is 2. The molecule has 0 aliphatic carbocycles. The fraction of sp³-hybridized carbons (Fsp3) is 0.143. The van der Waals surface area contributed by atoms with Gasteiger partial charge in [-0.1, -0.05) is 29.8 Å². The minimum absolute atomic E-state index is 0.290. The summed E-state index contributed by atoms with van der Waals surface area (Å²) in [5.74, 6) is -0.290. The highest BCUT2D eigenvalue weighted by Gasteiger charge is 2.14. The summed E-state index contributed by atoms with van der Waals surface area (Å²) < 4.78 is 16.6. The van der Waals surface area contributed by atoms with Crippen LogP contribution in [0.2, 0.25) is 5.15 Å². The summed E-state index contributed by atoms with van der Waals surface area (Å²) >= 11 is 6.52. The first kappa shape index (κ1) is 18.4. The fourth-order valence-corrected chi connectivity index (χ4v) is 3.33. The Bertz CT molecular complexity index is 1070. The third-order valence-corrected chi connectivity index (χ3v) is 4.87. The smallest absolute Gasteiger partial charge is 0.137 e. The van der Waals surface area contributed by atoms with E-state index >= 15 is 0 Å². The molecule has 7 heteroatoms. The van der Waals surface area contributed by atoms with Crippen molar-refractivity contribution in [3.8, 4) is 11.4 Å². The molecule has 4 rings (SSSR count). The molecule has 2 heterocycles. The zero-order valence-corrected chi connectivity index (χ0v) is 16.1. The van der Waals surface area contributed by atoms with Crippen molar-refractivity contribution in [3.05, 3.63) is 94.8 Å². The molecule has 0 aliphatic heterocycles. The molecular formula is C21H19ClFN5. The van der Waals surface area contributed by atoms with Crippen LogP contribution in [0, 0.1) is 12.7 Å². The lowest BCUT2D eigenvalue weighted by Crippen LogP contribution is -2.13. The van der Waals surface area contributed by atoms with E-state index in [0.717, 1.165) is 28.2 Å². The SMILES string of the molecule is Cc1nn(-c2ccc(F)cc2)c(Cl)c1CNCc1cnn(-c2ccccc2)c1. The van der Waals surface area contributed by atoms with E-state index in [1.807, 2.05) is 54.3 Å². The number of aromatic nitrogens is 4. The van der Waals surface area contributed by atoms with E-state index in [0.29, 0.717) is 18.2 Å². The van der Waals surface area contributed by atoms with Gasteiger partial charge in [0.25, 0.3) is 0 Å². The van der Waals surface area contributed by atoms with E-state index in [1.165, 1.54) is 12.1 Å². The molecule has 0 unspecified atom stereocenters. The van der Waals surface area contributed by atoms with Crippen LogP contribution in [0.1, 0.15) is 16.8 Å². The van der Waals surface area contributed by atoms with Gasteiger partial charge in [0.15, 0.2) is 0 Å². The van der Waals surface area contributed by atoms with Gasteiger partial charge in [-0.15, -0.1) is 0 Å². The average Bonchev–Trinajstić information content (AvgIpc) is 3.29. The predicted octanol–water partition coefficient (Wildman–Crippen LogP) is 4.45. The summed E-state index contributed by atoms with van der Waals surface area (Å²) in [6.07, 6.45) is 3.84. The van der Waals surface area contributed by atoms with Crippen molar-refractivity contribution >= 4 is 11.6 Å². The second-order valence-corrected chi connectivity index (χ2v) is 6.83. The average molecular weight is 396 g/mol. The molecule has 0 amide bonds. The second kappa shape index (κ2) is 7.96. The van der Waals surface area contributed by atoms with Crippen molar-refractivity contribution in [2.24, 2.45) is 0 Å². The quantitative estimate of drug-likeness (QED) is 0.524. The molecule has 0 aliphatic rings. The van der Waals surface area contributed by atoms with Crippen LogP contribution >= 0.6 is 11.6 Å². The molecule has 5 nitrogen and oxygen atoms in total. The van der Waals surface area contributed by atoms with Gasteiger partial charge in [-0.3, -0.25) is 0 Å². The zero-order chi connectivity index (χ0) is 19.5. The summed E-state index contributed by atoms with van der Waals surface area (Å²) in [5.41, 5.74) is 4.57. The van der Waals surface area contributed by atoms with Gasteiger partial charge in [-0.25, -0.2) is 13.8 Å². The zero-order valence-electron chi connectivity index (χ0n) is 15.3. The van der Waals surface area contributed by atoms with Crippen molar-refractivity contribution < 1.29 is 4.39 Å². The van der Waals surface area contributed by atoms with Crippen LogP contribution in [0.25, 0.3) is 11.4 Å². The number of para-hydroxylation sites is 1. The highest BCUT2D eigenvalue weighted by molar-refractivity contribution is 6.30. The fourth-order valence-electron chi connectivity index (χ4n) is 2.99. The molecule has 0 fully saturated rings. The standard InChI is InChI=1S/C21H19ClFN5/c1-15-20(21(22)28(26-15)19-9-7-17(23)8-10-19)13-24-11-16-12-25-27(14-16)18-5-3-2-4-6-18/h2-10,12,14,24H,11,13H2,1H3. The third-order valence-electron chi connectivity index (χ3n) is 4.48. The molecular weight excluding hydrogens is 377 g/mol. The summed E-state index contributed by atoms with van der Waals surface area (Å²) in [6.45, 7) is 3.14. The van der Waals surface area contributed by atoms with E-state index in [4.69, 9.17) is 11.6 Å². The van der Waals surface area contributed by atoms with Gasteiger partial charge >= 0.3 is 0 Å². The Morgan fingerprint density at radius 3 is 2.50 bits per heavy atom. The van der Waals surface area contributed by atoms with Gasteiger partial charge in [0.05, 0.1) is 23.3 Å². The molecule has 0 saturated carbocycles. The van der Waals surface area contributed by atoms with Crippen LogP contribution in [0.4, 0.5) is 4.39 Å². The number of rotatable bonds is 6. The molecule has 0 bridgehead atoms. The van der Waals surface area contributed by atoms with E-state index < -0.39 is 0 Å². The van der Waals surface area contributed by atoms with Crippen LogP contribution in [0.3, 0.4) is 0 Å². The highest BCUT2D eigenvalue weighted by atomic mass is 35.5. The van der Waals surface area contributed by atoms with Gasteiger partial charge in [-0.05, 0) is 43.3 Å². The Labute approximate surface area is 167 Å². The van der Waals surface area contributed by atoms with Gasteiger partial charge < -0.3 is 5.32 Å². The molecule has 0 atom stereocenters. The summed E-state index contributed by atoms with van der Waals surface area (Å²) in [7, 11) is 0. The van der Waals surface area contributed by atoms with Crippen LogP contribution in [-0.2, 0) is 13.1 Å². The lowest BCUT2D eigenvalue weighted by molar-refractivity contribution is 0.627. The maximum Gasteiger partial charge on any atom is 0.137 e. The number of hydrogen-bond acceptors (Lipinski definition) is 3.